The van der Waals surface area contributed by atoms with E-state index in [1.165, 1.54) is 31.5 Å². The van der Waals surface area contributed by atoms with Crippen LogP contribution < -0.4 is 10.6 Å². The second kappa shape index (κ2) is 10.8. The van der Waals surface area contributed by atoms with Crippen LogP contribution in [0.5, 0.6) is 0 Å². The lowest BCUT2D eigenvalue weighted by Gasteiger charge is -2.31. The van der Waals surface area contributed by atoms with E-state index < -0.39 is 11.7 Å². The second-order valence-electron chi connectivity index (χ2n) is 11.1. The third-order valence-corrected chi connectivity index (χ3v) is 8.23. The summed E-state index contributed by atoms with van der Waals surface area (Å²) in [5, 5.41) is 10.7. The Morgan fingerprint density at radius 1 is 1.13 bits per heavy atom. The molecule has 0 radical (unpaired) electrons. The van der Waals surface area contributed by atoms with E-state index in [2.05, 4.69) is 20.6 Å². The molecular formula is C30H35FN6O2. The highest BCUT2D eigenvalue weighted by Crippen LogP contribution is 2.32. The first kappa shape index (κ1) is 25.6. The van der Waals surface area contributed by atoms with Gasteiger partial charge in [-0.15, -0.1) is 0 Å². The van der Waals surface area contributed by atoms with Crippen molar-refractivity contribution in [2.75, 3.05) is 25.0 Å². The van der Waals surface area contributed by atoms with Crippen LogP contribution in [0.15, 0.2) is 60.5 Å². The molecule has 2 aliphatic heterocycles. The number of aryl methyl sites for hydroxylation is 1. The van der Waals surface area contributed by atoms with Crippen molar-refractivity contribution < 1.29 is 14.0 Å². The molecule has 1 aromatic carbocycles. The van der Waals surface area contributed by atoms with Gasteiger partial charge in [-0.1, -0.05) is 30.4 Å². The molecule has 2 N–H and O–H groups in total. The highest BCUT2D eigenvalue weighted by Gasteiger charge is 2.33. The van der Waals surface area contributed by atoms with E-state index in [0.717, 1.165) is 48.9 Å². The molecule has 2 fully saturated rings. The Labute approximate surface area is 228 Å². The molecule has 3 heterocycles. The van der Waals surface area contributed by atoms with Crippen molar-refractivity contribution in [3.63, 3.8) is 0 Å². The molecule has 2 aliphatic carbocycles. The number of benzene rings is 1. The molecule has 0 spiro atoms. The summed E-state index contributed by atoms with van der Waals surface area (Å²) in [7, 11) is 1.84. The van der Waals surface area contributed by atoms with Gasteiger partial charge < -0.3 is 20.4 Å². The summed E-state index contributed by atoms with van der Waals surface area (Å²) in [6.45, 7) is 3.63. The van der Waals surface area contributed by atoms with Crippen LogP contribution in [0.25, 0.3) is 0 Å². The first-order chi connectivity index (χ1) is 19.0. The first-order valence-electron chi connectivity index (χ1n) is 13.9. The minimum Gasteiger partial charge on any atom is -0.352 e. The van der Waals surface area contributed by atoms with Gasteiger partial charge >= 0.3 is 0 Å². The molecule has 2 aromatic rings. The van der Waals surface area contributed by atoms with E-state index in [4.69, 9.17) is 0 Å². The molecule has 2 amide bonds. The van der Waals surface area contributed by atoms with Crippen LogP contribution in [0, 0.1) is 17.7 Å². The molecule has 204 valence electrons. The molecule has 1 saturated heterocycles. The lowest BCUT2D eigenvalue weighted by Crippen LogP contribution is -2.41. The van der Waals surface area contributed by atoms with Gasteiger partial charge in [-0.3, -0.25) is 14.3 Å². The number of carbonyl (C=O) groups is 2. The number of likely N-dealkylation sites (tertiary alicyclic amines) is 1. The van der Waals surface area contributed by atoms with Crippen LogP contribution in [0.4, 0.5) is 10.2 Å². The smallest absolute Gasteiger partial charge is 0.257 e. The molecule has 6 rings (SSSR count). The Kier molecular flexibility index (Phi) is 7.08. The Balaban J connectivity index is 1.12. The fourth-order valence-electron chi connectivity index (χ4n) is 5.73. The minimum atomic E-state index is -0.593. The van der Waals surface area contributed by atoms with Crippen LogP contribution in [0.2, 0.25) is 0 Å². The number of carbonyl (C=O) groups excluding carboxylic acids is 2. The minimum absolute atomic E-state index is 0.00420. The maximum Gasteiger partial charge on any atom is 0.257 e. The normalized spacial score (nSPS) is 21.3. The Morgan fingerprint density at radius 2 is 1.95 bits per heavy atom. The van der Waals surface area contributed by atoms with E-state index in [0.29, 0.717) is 5.56 Å². The number of rotatable bonds is 6. The number of hydrogen-bond donors (Lipinski definition) is 2. The summed E-state index contributed by atoms with van der Waals surface area (Å²) < 4.78 is 17.1. The van der Waals surface area contributed by atoms with Crippen LogP contribution in [-0.4, -0.2) is 57.1 Å². The van der Waals surface area contributed by atoms with E-state index in [1.54, 1.807) is 21.8 Å². The Hall–Kier alpha value is -3.72. The number of nitrogens with one attached hydrogen (secondary N) is 2. The molecule has 1 atom stereocenters. The van der Waals surface area contributed by atoms with Gasteiger partial charge in [-0.25, -0.2) is 4.39 Å². The van der Waals surface area contributed by atoms with Gasteiger partial charge in [0.15, 0.2) is 0 Å². The standard InChI is InChI=1S/C30H35FN6O2/c1-35-28-23(17-33-35)19-37(27-6-4-2-3-5-26(27)34-28)30(39)24-10-9-21(15-25(24)31)16-32-29(38)22-11-13-36(14-12-22)18-20-7-8-20/h2-6,9-10,15,17,20,22,27,34H,7-8,11-14,16,18-19H2,1H3,(H,32,38). The molecule has 8 nitrogen and oxygen atoms in total. The number of halogens is 1. The number of amides is 2. The zero-order chi connectivity index (χ0) is 26.9. The average molecular weight is 531 g/mol. The van der Waals surface area contributed by atoms with Crippen molar-refractivity contribution in [1.29, 1.82) is 0 Å². The number of piperidine rings is 1. The number of fused-ring (bicyclic) bond motifs is 2. The van der Waals surface area contributed by atoms with E-state index >= 15 is 4.39 Å². The fourth-order valence-corrected chi connectivity index (χ4v) is 5.73. The fraction of sp³-hybridized carbons (Fsp3) is 0.433. The lowest BCUT2D eigenvalue weighted by molar-refractivity contribution is -0.126. The summed E-state index contributed by atoms with van der Waals surface area (Å²) in [5.74, 6) is 0.712. The summed E-state index contributed by atoms with van der Waals surface area (Å²) in [6, 6.07) is 4.23. The van der Waals surface area contributed by atoms with Crippen molar-refractivity contribution in [2.24, 2.45) is 18.9 Å². The maximum absolute atomic E-state index is 15.3. The van der Waals surface area contributed by atoms with Gasteiger partial charge in [0.25, 0.3) is 5.91 Å². The van der Waals surface area contributed by atoms with E-state index in [9.17, 15) is 9.59 Å². The predicted molar refractivity (Wildman–Crippen MR) is 147 cm³/mol. The van der Waals surface area contributed by atoms with Crippen molar-refractivity contribution >= 4 is 17.6 Å². The van der Waals surface area contributed by atoms with E-state index in [-0.39, 0.29) is 36.5 Å². The largest absolute Gasteiger partial charge is 0.352 e. The highest BCUT2D eigenvalue weighted by molar-refractivity contribution is 5.95. The number of aromatic nitrogens is 2. The molecule has 0 bridgehead atoms. The number of nitrogens with zero attached hydrogens (tertiary/aromatic N) is 4. The van der Waals surface area contributed by atoms with Gasteiger partial charge in [0.1, 0.15) is 11.6 Å². The maximum atomic E-state index is 15.3. The quantitative estimate of drug-likeness (QED) is 0.595. The second-order valence-corrected chi connectivity index (χ2v) is 11.1. The first-order valence-corrected chi connectivity index (χ1v) is 13.9. The average Bonchev–Trinajstić information content (AvgIpc) is 3.74. The predicted octanol–water partition coefficient (Wildman–Crippen LogP) is 3.74. The molecule has 1 unspecified atom stereocenters. The zero-order valence-corrected chi connectivity index (χ0v) is 22.3. The summed E-state index contributed by atoms with van der Waals surface area (Å²) in [6.07, 6.45) is 15.7. The van der Waals surface area contributed by atoms with Gasteiger partial charge in [0.05, 0.1) is 24.3 Å². The topological polar surface area (TPSA) is 82.5 Å². The zero-order valence-electron chi connectivity index (χ0n) is 22.3. The van der Waals surface area contributed by atoms with Gasteiger partial charge in [0.2, 0.25) is 5.91 Å². The SMILES string of the molecule is Cn1ncc2c1NC1=CC=CC=CC1N(C(=O)c1ccc(CNC(=O)C3CCN(CC4CC4)CC3)cc1F)C2. The van der Waals surface area contributed by atoms with Crippen molar-refractivity contribution in [2.45, 2.75) is 44.8 Å². The third kappa shape index (κ3) is 5.54. The Bertz CT molecular complexity index is 1350. The van der Waals surface area contributed by atoms with Gasteiger partial charge in [-0.05, 0) is 68.5 Å². The van der Waals surface area contributed by atoms with Crippen molar-refractivity contribution in [3.8, 4) is 0 Å². The molecule has 9 heteroatoms. The number of hydrogen-bond acceptors (Lipinski definition) is 5. The monoisotopic (exact) mass is 530 g/mol. The lowest BCUT2D eigenvalue weighted by atomic mass is 9.95. The molecule has 1 saturated carbocycles. The molecule has 4 aliphatic rings. The Morgan fingerprint density at radius 3 is 2.72 bits per heavy atom. The third-order valence-electron chi connectivity index (χ3n) is 8.23. The summed E-state index contributed by atoms with van der Waals surface area (Å²) in [5.41, 5.74) is 2.31. The van der Waals surface area contributed by atoms with Crippen LogP contribution >= 0.6 is 0 Å². The highest BCUT2D eigenvalue weighted by atomic mass is 19.1. The van der Waals surface area contributed by atoms with Crippen LogP contribution in [0.1, 0.15) is 47.2 Å². The molecule has 1 aromatic heterocycles. The van der Waals surface area contributed by atoms with Crippen molar-refractivity contribution in [1.82, 2.24) is 24.9 Å². The van der Waals surface area contributed by atoms with Gasteiger partial charge in [-0.2, -0.15) is 5.10 Å². The molecular weight excluding hydrogens is 495 g/mol. The van der Waals surface area contributed by atoms with Crippen LogP contribution in [-0.2, 0) is 24.9 Å². The molecule has 39 heavy (non-hydrogen) atoms. The number of allylic oxidation sites excluding steroid dienone is 4. The van der Waals surface area contributed by atoms with Gasteiger partial charge in [0, 0.05) is 37.3 Å². The number of anilines is 1. The summed E-state index contributed by atoms with van der Waals surface area (Å²) >= 11 is 0. The van der Waals surface area contributed by atoms with E-state index in [1.807, 2.05) is 37.4 Å². The van der Waals surface area contributed by atoms with Crippen LogP contribution in [0.3, 0.4) is 0 Å². The van der Waals surface area contributed by atoms with Crippen molar-refractivity contribution in [3.05, 3.63) is 83.0 Å². The summed E-state index contributed by atoms with van der Waals surface area (Å²) in [4.78, 5) is 30.6.